The van der Waals surface area contributed by atoms with E-state index < -0.39 is 0 Å². The summed E-state index contributed by atoms with van der Waals surface area (Å²) in [6, 6.07) is 1.91. The van der Waals surface area contributed by atoms with Gasteiger partial charge in [0, 0.05) is 32.8 Å². The van der Waals surface area contributed by atoms with E-state index in [9.17, 15) is 0 Å². The molecule has 0 saturated carbocycles. The van der Waals surface area contributed by atoms with Crippen molar-refractivity contribution in [3.05, 3.63) is 11.9 Å². The molecule has 1 rings (SSSR count). The fourth-order valence-electron chi connectivity index (χ4n) is 1.72. The van der Waals surface area contributed by atoms with Gasteiger partial charge in [-0.05, 0) is 13.3 Å². The molecule has 0 fully saturated rings. The zero-order valence-corrected chi connectivity index (χ0v) is 12.0. The summed E-state index contributed by atoms with van der Waals surface area (Å²) < 4.78 is 5.08. The van der Waals surface area contributed by atoms with Gasteiger partial charge in [-0.3, -0.25) is 0 Å². The predicted octanol–water partition coefficient (Wildman–Crippen LogP) is 1.05. The Morgan fingerprint density at radius 1 is 1.37 bits per heavy atom. The van der Waals surface area contributed by atoms with E-state index in [1.165, 1.54) is 0 Å². The van der Waals surface area contributed by atoms with E-state index in [4.69, 9.17) is 9.84 Å². The molecule has 0 atom stereocenters. The number of rotatable bonds is 9. The van der Waals surface area contributed by atoms with Crippen molar-refractivity contribution in [2.75, 3.05) is 50.2 Å². The number of aliphatic hydroxyl groups is 1. The lowest BCUT2D eigenvalue weighted by Crippen LogP contribution is -2.31. The van der Waals surface area contributed by atoms with Gasteiger partial charge in [0.25, 0.3) is 0 Å². The van der Waals surface area contributed by atoms with Crippen molar-refractivity contribution in [1.29, 1.82) is 0 Å². The van der Waals surface area contributed by atoms with Gasteiger partial charge < -0.3 is 20.1 Å². The Morgan fingerprint density at radius 2 is 2.16 bits per heavy atom. The minimum Gasteiger partial charge on any atom is -0.395 e. The molecule has 1 aromatic heterocycles. The molecule has 0 amide bonds. The smallest absolute Gasteiger partial charge is 0.134 e. The van der Waals surface area contributed by atoms with Crippen molar-refractivity contribution < 1.29 is 9.84 Å². The standard InChI is InChI=1S/C13H24N4O2/c1-4-5-14-12-10-13(16-11(2)15-12)17(6-8-18)7-9-19-3/h10,18H,4-9H2,1-3H3,(H,14,15,16). The molecule has 0 aliphatic rings. The number of nitrogens with one attached hydrogen (secondary N) is 1. The monoisotopic (exact) mass is 268 g/mol. The van der Waals surface area contributed by atoms with Crippen LogP contribution in [0.25, 0.3) is 0 Å². The Kier molecular flexibility index (Phi) is 7.14. The van der Waals surface area contributed by atoms with E-state index in [2.05, 4.69) is 22.2 Å². The molecule has 0 bridgehead atoms. The van der Waals surface area contributed by atoms with Crippen LogP contribution in [0.3, 0.4) is 0 Å². The van der Waals surface area contributed by atoms with Crippen molar-refractivity contribution in [3.8, 4) is 0 Å². The molecule has 1 aromatic rings. The second kappa shape index (κ2) is 8.66. The highest BCUT2D eigenvalue weighted by molar-refractivity contribution is 5.49. The fraction of sp³-hybridized carbons (Fsp3) is 0.692. The summed E-state index contributed by atoms with van der Waals surface area (Å²) in [4.78, 5) is 10.8. The highest BCUT2D eigenvalue weighted by atomic mass is 16.5. The Balaban J connectivity index is 2.84. The first kappa shape index (κ1) is 15.7. The van der Waals surface area contributed by atoms with Crippen molar-refractivity contribution in [2.45, 2.75) is 20.3 Å². The third-order valence-electron chi connectivity index (χ3n) is 2.64. The van der Waals surface area contributed by atoms with Crippen LogP contribution >= 0.6 is 0 Å². The summed E-state index contributed by atoms with van der Waals surface area (Å²) in [5.74, 6) is 2.36. The molecule has 0 radical (unpaired) electrons. The van der Waals surface area contributed by atoms with E-state index in [-0.39, 0.29) is 6.61 Å². The summed E-state index contributed by atoms with van der Waals surface area (Å²) in [5.41, 5.74) is 0. The molecule has 0 spiro atoms. The summed E-state index contributed by atoms with van der Waals surface area (Å²) in [6.45, 7) is 6.78. The molecule has 0 aromatic carbocycles. The summed E-state index contributed by atoms with van der Waals surface area (Å²) in [7, 11) is 1.66. The third-order valence-corrected chi connectivity index (χ3v) is 2.64. The molecule has 0 saturated heterocycles. The first-order valence-corrected chi connectivity index (χ1v) is 6.65. The van der Waals surface area contributed by atoms with Crippen molar-refractivity contribution >= 4 is 11.6 Å². The maximum absolute atomic E-state index is 9.14. The molecular formula is C13H24N4O2. The molecule has 108 valence electrons. The van der Waals surface area contributed by atoms with E-state index in [0.29, 0.717) is 19.7 Å². The zero-order valence-electron chi connectivity index (χ0n) is 12.0. The van der Waals surface area contributed by atoms with Gasteiger partial charge in [0.05, 0.1) is 13.2 Å². The summed E-state index contributed by atoms with van der Waals surface area (Å²) >= 11 is 0. The second-order valence-electron chi connectivity index (χ2n) is 4.29. The number of methoxy groups -OCH3 is 1. The number of hydrogen-bond acceptors (Lipinski definition) is 6. The Morgan fingerprint density at radius 3 is 2.79 bits per heavy atom. The normalized spacial score (nSPS) is 10.5. The SMILES string of the molecule is CCCNc1cc(N(CCO)CCOC)nc(C)n1. The van der Waals surface area contributed by atoms with Gasteiger partial charge in [0.1, 0.15) is 17.5 Å². The van der Waals surface area contributed by atoms with Gasteiger partial charge in [-0.15, -0.1) is 0 Å². The van der Waals surface area contributed by atoms with Crippen LogP contribution in [0.1, 0.15) is 19.2 Å². The molecular weight excluding hydrogens is 244 g/mol. The minimum absolute atomic E-state index is 0.0878. The Bertz CT molecular complexity index is 374. The maximum Gasteiger partial charge on any atom is 0.134 e. The van der Waals surface area contributed by atoms with Crippen LogP contribution in [-0.2, 0) is 4.74 Å². The van der Waals surface area contributed by atoms with Gasteiger partial charge in [-0.1, -0.05) is 6.92 Å². The Labute approximate surface area is 114 Å². The van der Waals surface area contributed by atoms with E-state index in [0.717, 1.165) is 30.4 Å². The van der Waals surface area contributed by atoms with Gasteiger partial charge in [0.15, 0.2) is 0 Å². The largest absolute Gasteiger partial charge is 0.395 e. The first-order chi connectivity index (χ1) is 9.21. The lowest BCUT2D eigenvalue weighted by molar-refractivity contribution is 0.202. The highest BCUT2D eigenvalue weighted by Crippen LogP contribution is 2.15. The molecule has 6 nitrogen and oxygen atoms in total. The lowest BCUT2D eigenvalue weighted by atomic mass is 10.4. The topological polar surface area (TPSA) is 70.5 Å². The molecule has 0 aliphatic heterocycles. The van der Waals surface area contributed by atoms with Crippen LogP contribution in [-0.4, -0.2) is 55.0 Å². The first-order valence-electron chi connectivity index (χ1n) is 6.65. The number of aliphatic hydroxyl groups excluding tert-OH is 1. The molecule has 6 heteroatoms. The number of nitrogens with zero attached hydrogens (tertiary/aromatic N) is 3. The number of hydrogen-bond donors (Lipinski definition) is 2. The zero-order chi connectivity index (χ0) is 14.1. The number of ether oxygens (including phenoxy) is 1. The van der Waals surface area contributed by atoms with Crippen LogP contribution in [0.4, 0.5) is 11.6 Å². The van der Waals surface area contributed by atoms with E-state index in [1.807, 2.05) is 17.9 Å². The summed E-state index contributed by atoms with van der Waals surface area (Å²) in [5, 5.41) is 12.4. The van der Waals surface area contributed by atoms with E-state index >= 15 is 0 Å². The lowest BCUT2D eigenvalue weighted by Gasteiger charge is -2.23. The van der Waals surface area contributed by atoms with Crippen LogP contribution < -0.4 is 10.2 Å². The van der Waals surface area contributed by atoms with Crippen molar-refractivity contribution in [3.63, 3.8) is 0 Å². The number of aromatic nitrogens is 2. The number of anilines is 2. The second-order valence-corrected chi connectivity index (χ2v) is 4.29. The van der Waals surface area contributed by atoms with Crippen LogP contribution in [0, 0.1) is 6.92 Å². The van der Waals surface area contributed by atoms with E-state index in [1.54, 1.807) is 7.11 Å². The van der Waals surface area contributed by atoms with Gasteiger partial charge in [-0.25, -0.2) is 9.97 Å². The third kappa shape index (κ3) is 5.40. The van der Waals surface area contributed by atoms with Crippen LogP contribution in [0.5, 0.6) is 0 Å². The molecule has 0 unspecified atom stereocenters. The van der Waals surface area contributed by atoms with Crippen LogP contribution in [0.2, 0.25) is 0 Å². The highest BCUT2D eigenvalue weighted by Gasteiger charge is 2.10. The van der Waals surface area contributed by atoms with Crippen molar-refractivity contribution in [1.82, 2.24) is 9.97 Å². The summed E-state index contributed by atoms with van der Waals surface area (Å²) in [6.07, 6.45) is 1.04. The molecule has 1 heterocycles. The van der Waals surface area contributed by atoms with Gasteiger partial charge in [0.2, 0.25) is 0 Å². The van der Waals surface area contributed by atoms with Gasteiger partial charge >= 0.3 is 0 Å². The van der Waals surface area contributed by atoms with Gasteiger partial charge in [-0.2, -0.15) is 0 Å². The molecule has 0 aliphatic carbocycles. The Hall–Kier alpha value is -1.40. The predicted molar refractivity (Wildman–Crippen MR) is 76.7 cm³/mol. The maximum atomic E-state index is 9.14. The quantitative estimate of drug-likeness (QED) is 0.697. The van der Waals surface area contributed by atoms with Crippen molar-refractivity contribution in [2.24, 2.45) is 0 Å². The fourth-order valence-corrected chi connectivity index (χ4v) is 1.72. The average molecular weight is 268 g/mol. The molecule has 19 heavy (non-hydrogen) atoms. The number of aryl methyl sites for hydroxylation is 1. The molecule has 2 N–H and O–H groups in total. The minimum atomic E-state index is 0.0878. The average Bonchev–Trinajstić information content (AvgIpc) is 2.40. The van der Waals surface area contributed by atoms with Crippen LogP contribution in [0.15, 0.2) is 6.07 Å².